The van der Waals surface area contributed by atoms with E-state index in [0.717, 1.165) is 13.0 Å². The smallest absolute Gasteiger partial charge is 0.264 e. The third-order valence-electron chi connectivity index (χ3n) is 2.47. The lowest BCUT2D eigenvalue weighted by Gasteiger charge is -2.12. The van der Waals surface area contributed by atoms with Crippen molar-refractivity contribution in [3.05, 3.63) is 30.3 Å². The van der Waals surface area contributed by atoms with Crippen molar-refractivity contribution in [2.45, 2.75) is 12.8 Å². The van der Waals surface area contributed by atoms with Crippen LogP contribution in [0.3, 0.4) is 0 Å². The fourth-order valence-electron chi connectivity index (χ4n) is 1.54. The molecule has 1 rings (SSSR count). The number of para-hydroxylation sites is 1. The van der Waals surface area contributed by atoms with Crippen LogP contribution in [0.2, 0.25) is 0 Å². The van der Waals surface area contributed by atoms with Gasteiger partial charge in [0, 0.05) is 0 Å². The van der Waals surface area contributed by atoms with E-state index >= 15 is 0 Å². The molecule has 0 radical (unpaired) electrons. The van der Waals surface area contributed by atoms with E-state index in [0.29, 0.717) is 6.42 Å². The number of hydrogen-bond acceptors (Lipinski definition) is 2. The average Bonchev–Trinajstić information content (AvgIpc) is 2.24. The van der Waals surface area contributed by atoms with Crippen molar-refractivity contribution in [2.24, 2.45) is 0 Å². The van der Waals surface area contributed by atoms with Gasteiger partial charge in [-0.1, -0.05) is 18.2 Å². The molecule has 0 saturated heterocycles. The molecule has 0 aromatic heterocycles. The second-order valence-corrected chi connectivity index (χ2v) is 5.46. The first-order chi connectivity index (χ1) is 7.49. The highest BCUT2D eigenvalue weighted by Crippen LogP contribution is 1.98. The Labute approximate surface area is 96.6 Å². The summed E-state index contributed by atoms with van der Waals surface area (Å²) >= 11 is 0. The van der Waals surface area contributed by atoms with Gasteiger partial charge < -0.3 is 4.90 Å². The Morgan fingerprint density at radius 2 is 1.81 bits per heavy atom. The molecule has 16 heavy (non-hydrogen) atoms. The SMILES string of the molecule is C[NH+](CCCCS(=O)(=O)O)c1ccccc1. The molecule has 1 aromatic rings. The maximum absolute atomic E-state index is 10.5. The highest BCUT2D eigenvalue weighted by atomic mass is 32.2. The number of quaternary nitrogens is 1. The van der Waals surface area contributed by atoms with Gasteiger partial charge in [-0.3, -0.25) is 4.55 Å². The van der Waals surface area contributed by atoms with E-state index in [4.69, 9.17) is 4.55 Å². The van der Waals surface area contributed by atoms with Gasteiger partial charge in [0.2, 0.25) is 0 Å². The quantitative estimate of drug-likeness (QED) is 0.566. The number of rotatable bonds is 6. The molecule has 1 atom stereocenters. The fourth-order valence-corrected chi connectivity index (χ4v) is 2.11. The molecule has 5 heteroatoms. The number of hydrogen-bond donors (Lipinski definition) is 2. The first kappa shape index (κ1) is 13.2. The Kier molecular flexibility index (Phi) is 4.92. The maximum Gasteiger partial charge on any atom is 0.264 e. The Bertz CT molecular complexity index is 402. The Morgan fingerprint density at radius 1 is 1.19 bits per heavy atom. The second-order valence-electron chi connectivity index (χ2n) is 3.89. The van der Waals surface area contributed by atoms with Crippen molar-refractivity contribution in [3.63, 3.8) is 0 Å². The largest absolute Gasteiger partial charge is 0.305 e. The van der Waals surface area contributed by atoms with Crippen LogP contribution in [-0.2, 0) is 10.1 Å². The standard InChI is InChI=1S/C11H17NO3S/c1-12(11-7-3-2-4-8-11)9-5-6-10-16(13,14)15/h2-4,7-8H,5-6,9-10H2,1H3,(H,13,14,15)/p+1. The van der Waals surface area contributed by atoms with Crippen molar-refractivity contribution in [1.29, 1.82) is 0 Å². The lowest BCUT2D eigenvalue weighted by atomic mass is 10.2. The molecule has 0 saturated carbocycles. The molecule has 0 bridgehead atoms. The second kappa shape index (κ2) is 5.98. The van der Waals surface area contributed by atoms with Crippen molar-refractivity contribution < 1.29 is 17.9 Å². The lowest BCUT2D eigenvalue weighted by molar-refractivity contribution is -0.810. The van der Waals surface area contributed by atoms with Gasteiger partial charge >= 0.3 is 0 Å². The predicted octanol–water partition coefficient (Wildman–Crippen LogP) is 0.501. The minimum Gasteiger partial charge on any atom is -0.305 e. The Balaban J connectivity index is 2.29. The van der Waals surface area contributed by atoms with Gasteiger partial charge in [-0.15, -0.1) is 0 Å². The van der Waals surface area contributed by atoms with Crippen LogP contribution in [0, 0.1) is 0 Å². The molecule has 0 spiro atoms. The van der Waals surface area contributed by atoms with Crippen LogP contribution in [0.4, 0.5) is 5.69 Å². The molecule has 4 nitrogen and oxygen atoms in total. The van der Waals surface area contributed by atoms with Gasteiger partial charge in [-0.05, 0) is 25.0 Å². The molecule has 0 amide bonds. The molecule has 0 fully saturated rings. The topological polar surface area (TPSA) is 58.8 Å². The summed E-state index contributed by atoms with van der Waals surface area (Å²) in [5.41, 5.74) is 1.19. The summed E-state index contributed by atoms with van der Waals surface area (Å²) in [4.78, 5) is 1.25. The molecule has 2 N–H and O–H groups in total. The molecule has 1 unspecified atom stereocenters. The van der Waals surface area contributed by atoms with E-state index in [1.165, 1.54) is 10.6 Å². The zero-order chi connectivity index (χ0) is 12.0. The third kappa shape index (κ3) is 5.25. The van der Waals surface area contributed by atoms with Gasteiger partial charge in [-0.25, -0.2) is 0 Å². The zero-order valence-electron chi connectivity index (χ0n) is 9.39. The summed E-state index contributed by atoms with van der Waals surface area (Å²) in [5.74, 6) is -0.144. The van der Waals surface area contributed by atoms with Crippen molar-refractivity contribution in [1.82, 2.24) is 0 Å². The molecule has 0 heterocycles. The number of unbranched alkanes of at least 4 members (excludes halogenated alkanes) is 1. The van der Waals surface area contributed by atoms with Crippen molar-refractivity contribution in [3.8, 4) is 0 Å². The number of benzene rings is 1. The van der Waals surface area contributed by atoms with Gasteiger partial charge in [0.15, 0.2) is 0 Å². The summed E-state index contributed by atoms with van der Waals surface area (Å²) in [6.45, 7) is 0.861. The van der Waals surface area contributed by atoms with E-state index in [1.807, 2.05) is 37.4 Å². The Hall–Kier alpha value is -0.910. The van der Waals surface area contributed by atoms with Gasteiger partial charge in [0.1, 0.15) is 5.69 Å². The molecule has 0 aliphatic heterocycles. The first-order valence-corrected chi connectivity index (χ1v) is 6.93. The van der Waals surface area contributed by atoms with Gasteiger partial charge in [0.05, 0.1) is 19.3 Å². The van der Waals surface area contributed by atoms with Crippen LogP contribution >= 0.6 is 0 Å². The van der Waals surface area contributed by atoms with Crippen LogP contribution in [-0.4, -0.2) is 32.3 Å². The van der Waals surface area contributed by atoms with E-state index < -0.39 is 10.1 Å². The molecule has 1 aromatic carbocycles. The van der Waals surface area contributed by atoms with E-state index in [1.54, 1.807) is 0 Å². The summed E-state index contributed by atoms with van der Waals surface area (Å²) in [5, 5.41) is 0. The molecular weight excluding hydrogens is 226 g/mol. The maximum atomic E-state index is 10.5. The summed E-state index contributed by atoms with van der Waals surface area (Å²) in [6, 6.07) is 10.0. The van der Waals surface area contributed by atoms with Gasteiger partial charge in [0.25, 0.3) is 10.1 Å². The molecule has 0 aliphatic rings. The van der Waals surface area contributed by atoms with E-state index in [9.17, 15) is 8.42 Å². The normalized spacial score (nSPS) is 13.6. The predicted molar refractivity (Wildman–Crippen MR) is 63.5 cm³/mol. The summed E-state index contributed by atoms with van der Waals surface area (Å²) in [6.07, 6.45) is 1.28. The van der Waals surface area contributed by atoms with E-state index in [-0.39, 0.29) is 5.75 Å². The monoisotopic (exact) mass is 244 g/mol. The van der Waals surface area contributed by atoms with Crippen LogP contribution in [0.25, 0.3) is 0 Å². The molecule has 0 aliphatic carbocycles. The van der Waals surface area contributed by atoms with E-state index in [2.05, 4.69) is 0 Å². The highest BCUT2D eigenvalue weighted by molar-refractivity contribution is 7.85. The number of nitrogens with one attached hydrogen (secondary N) is 1. The first-order valence-electron chi connectivity index (χ1n) is 5.32. The minimum atomic E-state index is -3.80. The summed E-state index contributed by atoms with van der Waals surface area (Å²) in [7, 11) is -1.75. The molecular formula is C11H18NO3S+. The van der Waals surface area contributed by atoms with Crippen LogP contribution in [0.1, 0.15) is 12.8 Å². The Morgan fingerprint density at radius 3 is 2.38 bits per heavy atom. The van der Waals surface area contributed by atoms with Crippen LogP contribution < -0.4 is 4.90 Å². The third-order valence-corrected chi connectivity index (χ3v) is 3.28. The lowest BCUT2D eigenvalue weighted by Crippen LogP contribution is -3.03. The minimum absolute atomic E-state index is 0.144. The van der Waals surface area contributed by atoms with Gasteiger partial charge in [-0.2, -0.15) is 8.42 Å². The van der Waals surface area contributed by atoms with Crippen molar-refractivity contribution >= 4 is 15.8 Å². The van der Waals surface area contributed by atoms with Crippen molar-refractivity contribution in [2.75, 3.05) is 19.3 Å². The molecule has 90 valence electrons. The average molecular weight is 244 g/mol. The summed E-state index contributed by atoms with van der Waals surface area (Å²) < 4.78 is 29.6. The highest BCUT2D eigenvalue weighted by Gasteiger charge is 2.07. The van der Waals surface area contributed by atoms with Crippen LogP contribution in [0.5, 0.6) is 0 Å². The van der Waals surface area contributed by atoms with Crippen LogP contribution in [0.15, 0.2) is 30.3 Å². The fraction of sp³-hybridized carbons (Fsp3) is 0.455. The zero-order valence-corrected chi connectivity index (χ0v) is 10.2.